The molecule has 33 heavy (non-hydrogen) atoms. The maximum atomic E-state index is 14.9. The largest absolute Gasteiger partial charge is 0.304 e. The number of rotatable bonds is 8. The van der Waals surface area contributed by atoms with E-state index in [4.69, 9.17) is 4.99 Å². The van der Waals surface area contributed by atoms with Crippen LogP contribution in [0.4, 0.5) is 14.6 Å². The van der Waals surface area contributed by atoms with Crippen LogP contribution in [0.15, 0.2) is 64.9 Å². The number of hydrazine groups is 1. The lowest BCUT2D eigenvalue weighted by Crippen LogP contribution is -2.31. The van der Waals surface area contributed by atoms with Crippen molar-refractivity contribution in [3.05, 3.63) is 65.5 Å². The normalized spacial score (nSPS) is 23.5. The number of nitrogens with one attached hydrogen (secondary N) is 2. The van der Waals surface area contributed by atoms with Gasteiger partial charge in [0.1, 0.15) is 11.5 Å². The van der Waals surface area contributed by atoms with Gasteiger partial charge in [0.25, 0.3) is 0 Å². The van der Waals surface area contributed by atoms with Crippen molar-refractivity contribution in [3.63, 3.8) is 0 Å². The van der Waals surface area contributed by atoms with Gasteiger partial charge in [-0.15, -0.1) is 10.2 Å². The molecule has 2 N–H and O–H groups in total. The van der Waals surface area contributed by atoms with Gasteiger partial charge in [-0.25, -0.2) is 14.2 Å². The average molecular weight is 452 g/mol. The molecule has 1 aromatic heterocycles. The molecule has 3 unspecified atom stereocenters. The quantitative estimate of drug-likeness (QED) is 0.454. The molecule has 0 saturated heterocycles. The maximum absolute atomic E-state index is 14.9. The minimum atomic E-state index is -1.71. The number of benzene rings is 1. The molecule has 2 heterocycles. The lowest BCUT2D eigenvalue weighted by atomic mass is 9.85. The molecule has 1 aromatic carbocycles. The van der Waals surface area contributed by atoms with E-state index in [0.717, 1.165) is 36.1 Å². The zero-order chi connectivity index (χ0) is 23.4. The first-order valence-corrected chi connectivity index (χ1v) is 11.7. The van der Waals surface area contributed by atoms with Crippen molar-refractivity contribution >= 4 is 11.5 Å². The van der Waals surface area contributed by atoms with E-state index in [2.05, 4.69) is 34.9 Å². The molecule has 0 amide bonds. The van der Waals surface area contributed by atoms with Crippen molar-refractivity contribution < 1.29 is 8.78 Å². The van der Waals surface area contributed by atoms with Crippen molar-refractivity contribution in [1.82, 2.24) is 15.6 Å². The summed E-state index contributed by atoms with van der Waals surface area (Å²) < 4.78 is 29.3. The summed E-state index contributed by atoms with van der Waals surface area (Å²) in [7, 11) is 0. The van der Waals surface area contributed by atoms with Crippen LogP contribution in [0, 0.1) is 0 Å². The van der Waals surface area contributed by atoms with Crippen LogP contribution >= 0.6 is 0 Å². The molecule has 1 aliphatic heterocycles. The summed E-state index contributed by atoms with van der Waals surface area (Å²) in [5, 5.41) is 8.56. The number of nitrogens with zero attached hydrogens (tertiary/aromatic N) is 3. The van der Waals surface area contributed by atoms with Gasteiger partial charge in [-0.1, -0.05) is 43.7 Å². The predicted molar refractivity (Wildman–Crippen MR) is 129 cm³/mol. The van der Waals surface area contributed by atoms with Crippen molar-refractivity contribution in [2.45, 2.75) is 70.6 Å². The number of hydrogen-bond acceptors (Lipinski definition) is 5. The van der Waals surface area contributed by atoms with Gasteiger partial charge in [0.2, 0.25) is 0 Å². The van der Waals surface area contributed by atoms with Crippen LogP contribution in [0.5, 0.6) is 0 Å². The van der Waals surface area contributed by atoms with Gasteiger partial charge in [0.05, 0.1) is 11.7 Å². The molecule has 2 aliphatic rings. The Hall–Kier alpha value is -2.93. The van der Waals surface area contributed by atoms with E-state index in [9.17, 15) is 8.78 Å². The van der Waals surface area contributed by atoms with Crippen LogP contribution in [0.1, 0.15) is 64.5 Å². The van der Waals surface area contributed by atoms with Crippen molar-refractivity contribution in [2.24, 2.45) is 4.99 Å². The summed E-state index contributed by atoms with van der Waals surface area (Å²) in [6.07, 6.45) is 6.59. The lowest BCUT2D eigenvalue weighted by molar-refractivity contribution is 0.244. The summed E-state index contributed by atoms with van der Waals surface area (Å²) >= 11 is 0. The van der Waals surface area contributed by atoms with E-state index in [1.807, 2.05) is 36.4 Å². The van der Waals surface area contributed by atoms with Gasteiger partial charge >= 0.3 is 0 Å². The molecule has 2 aromatic rings. The Kier molecular flexibility index (Phi) is 6.98. The first kappa shape index (κ1) is 23.2. The molecule has 3 atom stereocenters. The van der Waals surface area contributed by atoms with E-state index < -0.39 is 11.5 Å². The third-order valence-corrected chi connectivity index (χ3v) is 6.20. The van der Waals surface area contributed by atoms with E-state index in [1.54, 1.807) is 6.08 Å². The second-order valence-corrected chi connectivity index (χ2v) is 9.04. The molecule has 0 spiro atoms. The Morgan fingerprint density at radius 3 is 2.61 bits per heavy atom. The van der Waals surface area contributed by atoms with Crippen molar-refractivity contribution in [3.8, 4) is 11.3 Å². The lowest BCUT2D eigenvalue weighted by Gasteiger charge is -2.25. The smallest absolute Gasteiger partial charge is 0.162 e. The zero-order valence-corrected chi connectivity index (χ0v) is 19.4. The minimum absolute atomic E-state index is 0.0927. The fraction of sp³-hybridized carbons (Fsp3) is 0.423. The standard InChI is InChI=1S/C26H31F2N5/c1-4-6-17(2)30-32-24-15-14-22(31-33-24)19-10-8-18(9-11-19)21-12-13-23(29-21)25-20(27)7-5-16-26(25,3)28/h5,7-11,14-15,17,21,30H,4,6,12-13,16H2,1-3H3,(H,32,33). The number of allylic oxidation sites excluding steroid dienone is 4. The molecule has 0 saturated carbocycles. The molecule has 1 aliphatic carbocycles. The van der Waals surface area contributed by atoms with Crippen LogP contribution in [0.25, 0.3) is 11.3 Å². The molecule has 5 nitrogen and oxygen atoms in total. The van der Waals surface area contributed by atoms with Gasteiger partial charge in [0.15, 0.2) is 5.82 Å². The predicted octanol–water partition coefficient (Wildman–Crippen LogP) is 6.44. The van der Waals surface area contributed by atoms with Gasteiger partial charge in [0, 0.05) is 29.3 Å². The molecule has 0 bridgehead atoms. The Balaban J connectivity index is 1.43. The fourth-order valence-corrected chi connectivity index (χ4v) is 4.41. The highest BCUT2D eigenvalue weighted by Crippen LogP contribution is 2.40. The monoisotopic (exact) mass is 451 g/mol. The number of aromatic nitrogens is 2. The van der Waals surface area contributed by atoms with Gasteiger partial charge in [-0.2, -0.15) is 0 Å². The van der Waals surface area contributed by atoms with Crippen LogP contribution in [-0.2, 0) is 0 Å². The minimum Gasteiger partial charge on any atom is -0.304 e. The molecular formula is C26H31F2N5. The first-order chi connectivity index (χ1) is 15.9. The van der Waals surface area contributed by atoms with Crippen LogP contribution in [0.2, 0.25) is 0 Å². The summed E-state index contributed by atoms with van der Waals surface area (Å²) in [6, 6.07) is 12.1. The Morgan fingerprint density at radius 1 is 1.15 bits per heavy atom. The number of halogens is 2. The van der Waals surface area contributed by atoms with Crippen molar-refractivity contribution in [2.75, 3.05) is 5.43 Å². The summed E-state index contributed by atoms with van der Waals surface area (Å²) in [5.74, 6) is 0.164. The highest BCUT2D eigenvalue weighted by molar-refractivity contribution is 6.04. The Labute approximate surface area is 194 Å². The van der Waals surface area contributed by atoms with Gasteiger partial charge < -0.3 is 5.43 Å². The maximum Gasteiger partial charge on any atom is 0.162 e. The molecule has 174 valence electrons. The number of alkyl halides is 1. The zero-order valence-electron chi connectivity index (χ0n) is 19.4. The summed E-state index contributed by atoms with van der Waals surface area (Å²) in [4.78, 5) is 4.69. The van der Waals surface area contributed by atoms with E-state index in [-0.39, 0.29) is 18.0 Å². The second-order valence-electron chi connectivity index (χ2n) is 9.04. The second kappa shape index (κ2) is 9.91. The van der Waals surface area contributed by atoms with E-state index in [1.165, 1.54) is 13.0 Å². The highest BCUT2D eigenvalue weighted by Gasteiger charge is 2.37. The van der Waals surface area contributed by atoms with E-state index >= 15 is 0 Å². The molecule has 0 radical (unpaired) electrons. The third kappa shape index (κ3) is 5.36. The molecule has 7 heteroatoms. The fourth-order valence-electron chi connectivity index (χ4n) is 4.41. The Morgan fingerprint density at radius 2 is 1.94 bits per heavy atom. The third-order valence-electron chi connectivity index (χ3n) is 6.20. The summed E-state index contributed by atoms with van der Waals surface area (Å²) in [5.41, 5.74) is 8.02. The van der Waals surface area contributed by atoms with E-state index in [0.29, 0.717) is 24.0 Å². The molecule has 0 fully saturated rings. The van der Waals surface area contributed by atoms with Gasteiger partial charge in [-0.3, -0.25) is 4.99 Å². The SMILES string of the molecule is CCCC(C)NNc1ccc(-c2ccc(C3CCC(C4=C(F)C=CCC4(C)F)=N3)cc2)nn1. The first-order valence-electron chi connectivity index (χ1n) is 11.7. The van der Waals surface area contributed by atoms with Crippen LogP contribution in [-0.4, -0.2) is 27.6 Å². The van der Waals surface area contributed by atoms with Gasteiger partial charge in [-0.05, 0) is 56.9 Å². The number of aliphatic imine (C=N–C) groups is 1. The number of anilines is 1. The average Bonchev–Trinajstić information content (AvgIpc) is 3.27. The van der Waals surface area contributed by atoms with Crippen LogP contribution < -0.4 is 10.9 Å². The highest BCUT2D eigenvalue weighted by atomic mass is 19.1. The summed E-state index contributed by atoms with van der Waals surface area (Å²) in [6.45, 7) is 5.70. The topological polar surface area (TPSA) is 62.2 Å². The van der Waals surface area contributed by atoms with Crippen LogP contribution in [0.3, 0.4) is 0 Å². The molecule has 4 rings (SSSR count). The molecular weight excluding hydrogens is 420 g/mol. The van der Waals surface area contributed by atoms with Crippen molar-refractivity contribution in [1.29, 1.82) is 0 Å². The number of hydrogen-bond donors (Lipinski definition) is 2. The Bertz CT molecular complexity index is 1060.